The van der Waals surface area contributed by atoms with E-state index in [1.54, 1.807) is 0 Å². The Labute approximate surface area is 89.7 Å². The first-order valence-electron chi connectivity index (χ1n) is 5.06. The van der Waals surface area contributed by atoms with Gasteiger partial charge < -0.3 is 4.90 Å². The predicted molar refractivity (Wildman–Crippen MR) is 63.1 cm³/mol. The fourth-order valence-electron chi connectivity index (χ4n) is 1.73. The zero-order valence-corrected chi connectivity index (χ0v) is 9.55. The van der Waals surface area contributed by atoms with Crippen LogP contribution in [0.2, 0.25) is 0 Å². The minimum atomic E-state index is 0.728. The second-order valence-electron chi connectivity index (χ2n) is 3.76. The molecule has 14 heavy (non-hydrogen) atoms. The topological polar surface area (TPSA) is 16.1 Å². The molecule has 1 unspecified atom stereocenters. The second kappa shape index (κ2) is 4.22. The maximum atomic E-state index is 4.55. The van der Waals surface area contributed by atoms with Gasteiger partial charge in [-0.15, -0.1) is 0 Å². The SMILES string of the molecule is Cc1cccc(N2CCSC(C)C2)n1. The number of anilines is 1. The van der Waals surface area contributed by atoms with Crippen molar-refractivity contribution >= 4 is 17.6 Å². The van der Waals surface area contributed by atoms with Gasteiger partial charge in [0.15, 0.2) is 0 Å². The molecule has 1 aliphatic rings. The lowest BCUT2D eigenvalue weighted by atomic mass is 10.3. The second-order valence-corrected chi connectivity index (χ2v) is 5.31. The van der Waals surface area contributed by atoms with Crippen LogP contribution in [-0.2, 0) is 0 Å². The summed E-state index contributed by atoms with van der Waals surface area (Å²) in [6.07, 6.45) is 0. The van der Waals surface area contributed by atoms with Gasteiger partial charge in [0.05, 0.1) is 0 Å². The highest BCUT2D eigenvalue weighted by molar-refractivity contribution is 8.00. The minimum Gasteiger partial charge on any atom is -0.355 e. The first-order chi connectivity index (χ1) is 6.75. The van der Waals surface area contributed by atoms with Gasteiger partial charge >= 0.3 is 0 Å². The van der Waals surface area contributed by atoms with Crippen LogP contribution < -0.4 is 4.90 Å². The number of hydrogen-bond acceptors (Lipinski definition) is 3. The molecular weight excluding hydrogens is 192 g/mol. The van der Waals surface area contributed by atoms with E-state index in [9.17, 15) is 0 Å². The first kappa shape index (κ1) is 9.84. The van der Waals surface area contributed by atoms with Gasteiger partial charge in [-0.2, -0.15) is 11.8 Å². The third kappa shape index (κ3) is 2.21. The summed E-state index contributed by atoms with van der Waals surface area (Å²) in [5.41, 5.74) is 1.10. The van der Waals surface area contributed by atoms with E-state index in [1.165, 1.54) is 5.75 Å². The molecule has 0 radical (unpaired) electrons. The van der Waals surface area contributed by atoms with Gasteiger partial charge in [0, 0.05) is 29.8 Å². The Morgan fingerprint density at radius 2 is 2.36 bits per heavy atom. The summed E-state index contributed by atoms with van der Waals surface area (Å²) in [5.74, 6) is 2.36. The molecule has 0 N–H and O–H groups in total. The standard InChI is InChI=1S/C11H16N2S/c1-9-4-3-5-11(12-9)13-6-7-14-10(2)8-13/h3-5,10H,6-8H2,1-2H3. The Morgan fingerprint density at radius 3 is 3.07 bits per heavy atom. The number of rotatable bonds is 1. The Morgan fingerprint density at radius 1 is 1.50 bits per heavy atom. The summed E-state index contributed by atoms with van der Waals surface area (Å²) in [5, 5.41) is 0.728. The molecule has 1 aliphatic heterocycles. The molecule has 3 heteroatoms. The van der Waals surface area contributed by atoms with Crippen LogP contribution in [0, 0.1) is 6.92 Å². The van der Waals surface area contributed by atoms with Crippen LogP contribution in [0.4, 0.5) is 5.82 Å². The lowest BCUT2D eigenvalue weighted by molar-refractivity contribution is 0.768. The normalized spacial score (nSPS) is 22.4. The van der Waals surface area contributed by atoms with Gasteiger partial charge in [-0.1, -0.05) is 13.0 Å². The van der Waals surface area contributed by atoms with Crippen molar-refractivity contribution in [2.45, 2.75) is 19.1 Å². The zero-order chi connectivity index (χ0) is 9.97. The van der Waals surface area contributed by atoms with Crippen molar-refractivity contribution in [2.75, 3.05) is 23.7 Å². The predicted octanol–water partition coefficient (Wildman–Crippen LogP) is 2.33. The number of hydrogen-bond donors (Lipinski definition) is 0. The maximum Gasteiger partial charge on any atom is 0.128 e. The van der Waals surface area contributed by atoms with E-state index in [-0.39, 0.29) is 0 Å². The van der Waals surface area contributed by atoms with Gasteiger partial charge in [-0.25, -0.2) is 4.98 Å². The molecule has 0 aromatic carbocycles. The first-order valence-corrected chi connectivity index (χ1v) is 6.11. The molecule has 1 atom stereocenters. The smallest absolute Gasteiger partial charge is 0.128 e. The molecule has 1 fully saturated rings. The Bertz CT molecular complexity index is 314. The van der Waals surface area contributed by atoms with Crippen molar-refractivity contribution < 1.29 is 0 Å². The number of aryl methyl sites for hydroxylation is 1. The van der Waals surface area contributed by atoms with E-state index >= 15 is 0 Å². The molecule has 0 spiro atoms. The van der Waals surface area contributed by atoms with Crippen molar-refractivity contribution in [3.63, 3.8) is 0 Å². The van der Waals surface area contributed by atoms with Crippen molar-refractivity contribution in [1.29, 1.82) is 0 Å². The number of nitrogens with zero attached hydrogens (tertiary/aromatic N) is 2. The molecule has 1 aromatic rings. The van der Waals surface area contributed by atoms with Crippen molar-refractivity contribution in [3.8, 4) is 0 Å². The van der Waals surface area contributed by atoms with Crippen LogP contribution in [0.25, 0.3) is 0 Å². The third-order valence-electron chi connectivity index (χ3n) is 2.44. The maximum absolute atomic E-state index is 4.55. The summed E-state index contributed by atoms with van der Waals surface area (Å²) >= 11 is 2.05. The van der Waals surface area contributed by atoms with Crippen molar-refractivity contribution in [3.05, 3.63) is 23.9 Å². The average Bonchev–Trinajstić information content (AvgIpc) is 2.18. The minimum absolute atomic E-state index is 0.728. The van der Waals surface area contributed by atoms with Crippen molar-refractivity contribution in [2.24, 2.45) is 0 Å². The fourth-order valence-corrected chi connectivity index (χ4v) is 2.74. The van der Waals surface area contributed by atoms with Crippen LogP contribution in [0.3, 0.4) is 0 Å². The third-order valence-corrected chi connectivity index (χ3v) is 3.58. The summed E-state index contributed by atoms with van der Waals surface area (Å²) in [7, 11) is 0. The summed E-state index contributed by atoms with van der Waals surface area (Å²) in [4.78, 5) is 6.93. The molecule has 0 bridgehead atoms. The van der Waals surface area contributed by atoms with Crippen LogP contribution >= 0.6 is 11.8 Å². The van der Waals surface area contributed by atoms with Gasteiger partial charge in [-0.05, 0) is 19.1 Å². The summed E-state index contributed by atoms with van der Waals surface area (Å²) < 4.78 is 0. The lowest BCUT2D eigenvalue weighted by Gasteiger charge is -2.31. The largest absolute Gasteiger partial charge is 0.355 e. The van der Waals surface area contributed by atoms with Crippen LogP contribution in [0.15, 0.2) is 18.2 Å². The van der Waals surface area contributed by atoms with Crippen LogP contribution in [-0.4, -0.2) is 29.1 Å². The lowest BCUT2D eigenvalue weighted by Crippen LogP contribution is -2.37. The molecule has 0 amide bonds. The Hall–Kier alpha value is -0.700. The molecule has 76 valence electrons. The van der Waals surface area contributed by atoms with Crippen molar-refractivity contribution in [1.82, 2.24) is 4.98 Å². The molecule has 2 nitrogen and oxygen atoms in total. The highest BCUT2D eigenvalue weighted by atomic mass is 32.2. The fraction of sp³-hybridized carbons (Fsp3) is 0.545. The number of thioether (sulfide) groups is 1. The van der Waals surface area contributed by atoms with E-state index in [4.69, 9.17) is 0 Å². The highest BCUT2D eigenvalue weighted by Gasteiger charge is 2.17. The highest BCUT2D eigenvalue weighted by Crippen LogP contribution is 2.22. The molecule has 1 saturated heterocycles. The van der Waals surface area contributed by atoms with E-state index in [0.717, 1.165) is 29.9 Å². The average molecular weight is 208 g/mol. The monoisotopic (exact) mass is 208 g/mol. The van der Waals surface area contributed by atoms with Gasteiger partial charge in [0.25, 0.3) is 0 Å². The van der Waals surface area contributed by atoms with E-state index in [0.29, 0.717) is 0 Å². The molecule has 0 aliphatic carbocycles. The molecule has 2 heterocycles. The number of pyridine rings is 1. The number of aromatic nitrogens is 1. The van der Waals surface area contributed by atoms with Gasteiger partial charge in [0.2, 0.25) is 0 Å². The van der Waals surface area contributed by atoms with Gasteiger partial charge in [-0.3, -0.25) is 0 Å². The quantitative estimate of drug-likeness (QED) is 0.704. The summed E-state index contributed by atoms with van der Waals surface area (Å²) in [6.45, 7) is 6.59. The molecular formula is C11H16N2S. The molecule has 1 aromatic heterocycles. The van der Waals surface area contributed by atoms with E-state index in [2.05, 4.69) is 40.7 Å². The molecule has 0 saturated carbocycles. The molecule has 2 rings (SSSR count). The van der Waals surface area contributed by atoms with Crippen LogP contribution in [0.5, 0.6) is 0 Å². The van der Waals surface area contributed by atoms with E-state index < -0.39 is 0 Å². The Kier molecular flexibility index (Phi) is 2.96. The van der Waals surface area contributed by atoms with Gasteiger partial charge in [0.1, 0.15) is 5.82 Å². The summed E-state index contributed by atoms with van der Waals surface area (Å²) in [6, 6.07) is 6.24. The zero-order valence-electron chi connectivity index (χ0n) is 8.73. The Balaban J connectivity index is 2.14. The van der Waals surface area contributed by atoms with E-state index in [1.807, 2.05) is 13.0 Å². The van der Waals surface area contributed by atoms with Crippen LogP contribution in [0.1, 0.15) is 12.6 Å².